The maximum atomic E-state index is 13.2. The Balaban J connectivity index is 1.58. The summed E-state index contributed by atoms with van der Waals surface area (Å²) >= 11 is 5.79. The topological polar surface area (TPSA) is 62.8 Å². The number of ether oxygens (including phenoxy) is 1. The SMILES string of the molecule is Fc1ccc(Nc2nc3ccc(Oc4ccncc4)cc3[nH]2)cc1Cl. The molecule has 0 saturated heterocycles. The van der Waals surface area contributed by atoms with Crippen molar-refractivity contribution in [1.29, 1.82) is 0 Å². The Labute approximate surface area is 147 Å². The Morgan fingerprint density at radius 3 is 2.64 bits per heavy atom. The van der Waals surface area contributed by atoms with E-state index in [1.54, 1.807) is 30.6 Å². The van der Waals surface area contributed by atoms with Gasteiger partial charge in [-0.05, 0) is 42.5 Å². The second kappa shape index (κ2) is 6.41. The van der Waals surface area contributed by atoms with E-state index in [4.69, 9.17) is 16.3 Å². The first-order chi connectivity index (χ1) is 12.2. The number of aromatic nitrogens is 3. The van der Waals surface area contributed by atoms with E-state index in [0.717, 1.165) is 11.0 Å². The molecule has 0 aliphatic heterocycles. The minimum Gasteiger partial charge on any atom is -0.457 e. The number of hydrogen-bond acceptors (Lipinski definition) is 4. The molecule has 25 heavy (non-hydrogen) atoms. The average molecular weight is 355 g/mol. The lowest BCUT2D eigenvalue weighted by molar-refractivity contribution is 0.482. The van der Waals surface area contributed by atoms with Crippen LogP contribution < -0.4 is 10.1 Å². The van der Waals surface area contributed by atoms with Gasteiger partial charge < -0.3 is 15.0 Å². The average Bonchev–Trinajstić information content (AvgIpc) is 3.00. The van der Waals surface area contributed by atoms with Gasteiger partial charge >= 0.3 is 0 Å². The number of anilines is 2. The normalized spacial score (nSPS) is 10.8. The van der Waals surface area contributed by atoms with Gasteiger partial charge in [-0.3, -0.25) is 4.98 Å². The summed E-state index contributed by atoms with van der Waals surface area (Å²) in [7, 11) is 0. The van der Waals surface area contributed by atoms with E-state index >= 15 is 0 Å². The van der Waals surface area contributed by atoms with Crippen molar-refractivity contribution in [3.8, 4) is 11.5 Å². The van der Waals surface area contributed by atoms with Crippen LogP contribution in [0.25, 0.3) is 11.0 Å². The van der Waals surface area contributed by atoms with Crippen molar-refractivity contribution >= 4 is 34.3 Å². The van der Waals surface area contributed by atoms with Crippen LogP contribution in [0.4, 0.5) is 16.0 Å². The first-order valence-corrected chi connectivity index (χ1v) is 7.85. The van der Waals surface area contributed by atoms with Crippen molar-refractivity contribution in [2.24, 2.45) is 0 Å². The van der Waals surface area contributed by atoms with Gasteiger partial charge in [-0.25, -0.2) is 9.37 Å². The molecule has 2 aromatic heterocycles. The fourth-order valence-corrected chi connectivity index (χ4v) is 2.54. The summed E-state index contributed by atoms with van der Waals surface area (Å²) in [5.74, 6) is 1.44. The molecule has 0 fully saturated rings. The molecule has 7 heteroatoms. The second-order valence-corrected chi connectivity index (χ2v) is 5.71. The number of fused-ring (bicyclic) bond motifs is 1. The van der Waals surface area contributed by atoms with Gasteiger partial charge in [0, 0.05) is 24.1 Å². The van der Waals surface area contributed by atoms with Gasteiger partial charge in [0.2, 0.25) is 5.95 Å². The number of nitrogens with zero attached hydrogens (tertiary/aromatic N) is 2. The highest BCUT2D eigenvalue weighted by atomic mass is 35.5. The highest BCUT2D eigenvalue weighted by Gasteiger charge is 2.07. The number of rotatable bonds is 4. The molecule has 0 amide bonds. The standard InChI is InChI=1S/C18H12ClFN4O/c19-14-9-11(1-3-15(14)20)22-18-23-16-4-2-13(10-17(16)24-18)25-12-5-7-21-8-6-12/h1-10H,(H2,22,23,24). The van der Waals surface area contributed by atoms with Crippen LogP contribution in [0.3, 0.4) is 0 Å². The highest BCUT2D eigenvalue weighted by Crippen LogP contribution is 2.27. The third-order valence-corrected chi connectivity index (χ3v) is 3.81. The maximum absolute atomic E-state index is 13.2. The van der Waals surface area contributed by atoms with Crippen molar-refractivity contribution in [3.63, 3.8) is 0 Å². The molecule has 0 atom stereocenters. The van der Waals surface area contributed by atoms with E-state index in [9.17, 15) is 4.39 Å². The van der Waals surface area contributed by atoms with Crippen LogP contribution in [-0.4, -0.2) is 15.0 Å². The molecule has 0 radical (unpaired) electrons. The monoisotopic (exact) mass is 354 g/mol. The molecule has 2 heterocycles. The van der Waals surface area contributed by atoms with Gasteiger partial charge in [0.25, 0.3) is 0 Å². The van der Waals surface area contributed by atoms with Crippen LogP contribution in [0.2, 0.25) is 5.02 Å². The van der Waals surface area contributed by atoms with Crippen LogP contribution >= 0.6 is 11.6 Å². The van der Waals surface area contributed by atoms with E-state index < -0.39 is 5.82 Å². The van der Waals surface area contributed by atoms with Gasteiger partial charge in [0.15, 0.2) is 0 Å². The molecule has 0 spiro atoms. The van der Waals surface area contributed by atoms with Crippen LogP contribution in [0, 0.1) is 5.82 Å². The van der Waals surface area contributed by atoms with Crippen molar-refractivity contribution in [2.75, 3.05) is 5.32 Å². The zero-order valence-electron chi connectivity index (χ0n) is 12.8. The summed E-state index contributed by atoms with van der Waals surface area (Å²) in [6.45, 7) is 0. The molecular formula is C18H12ClFN4O. The highest BCUT2D eigenvalue weighted by molar-refractivity contribution is 6.31. The van der Waals surface area contributed by atoms with Gasteiger partial charge in [-0.15, -0.1) is 0 Å². The van der Waals surface area contributed by atoms with Crippen molar-refractivity contribution in [2.45, 2.75) is 0 Å². The molecule has 4 aromatic rings. The lowest BCUT2D eigenvalue weighted by Crippen LogP contribution is -1.92. The van der Waals surface area contributed by atoms with Crippen molar-refractivity contribution in [1.82, 2.24) is 15.0 Å². The fourth-order valence-electron chi connectivity index (χ4n) is 2.36. The summed E-state index contributed by atoms with van der Waals surface area (Å²) in [6, 6.07) is 13.5. The number of pyridine rings is 1. The number of imidazole rings is 1. The van der Waals surface area contributed by atoms with E-state index in [-0.39, 0.29) is 5.02 Å². The molecular weight excluding hydrogens is 343 g/mol. The van der Waals surface area contributed by atoms with E-state index in [1.165, 1.54) is 12.1 Å². The van der Waals surface area contributed by atoms with Crippen LogP contribution in [0.15, 0.2) is 60.9 Å². The largest absolute Gasteiger partial charge is 0.457 e. The van der Waals surface area contributed by atoms with E-state index in [0.29, 0.717) is 23.1 Å². The Bertz CT molecular complexity index is 1040. The van der Waals surface area contributed by atoms with E-state index in [2.05, 4.69) is 20.3 Å². The predicted octanol–water partition coefficient (Wildman–Crippen LogP) is 5.29. The summed E-state index contributed by atoms with van der Waals surface area (Å²) in [4.78, 5) is 11.5. The minimum absolute atomic E-state index is 0.0501. The first-order valence-electron chi connectivity index (χ1n) is 7.47. The number of aromatic amines is 1. The van der Waals surface area contributed by atoms with E-state index in [1.807, 2.05) is 18.2 Å². The summed E-state index contributed by atoms with van der Waals surface area (Å²) in [6.07, 6.45) is 3.33. The third kappa shape index (κ3) is 3.39. The Hall–Kier alpha value is -3.12. The lowest BCUT2D eigenvalue weighted by atomic mass is 10.3. The summed E-state index contributed by atoms with van der Waals surface area (Å²) < 4.78 is 19.0. The molecule has 0 unspecified atom stereocenters. The number of halogens is 2. The van der Waals surface area contributed by atoms with Gasteiger partial charge in [0.05, 0.1) is 16.1 Å². The Morgan fingerprint density at radius 1 is 1.00 bits per heavy atom. The molecule has 4 rings (SSSR count). The van der Waals surface area contributed by atoms with Gasteiger partial charge in [0.1, 0.15) is 17.3 Å². The van der Waals surface area contributed by atoms with Crippen molar-refractivity contribution < 1.29 is 9.13 Å². The second-order valence-electron chi connectivity index (χ2n) is 5.30. The molecule has 2 N–H and O–H groups in total. The fraction of sp³-hybridized carbons (Fsp3) is 0. The number of hydrogen-bond donors (Lipinski definition) is 2. The molecule has 5 nitrogen and oxygen atoms in total. The maximum Gasteiger partial charge on any atom is 0.205 e. The number of H-pyrrole nitrogens is 1. The van der Waals surface area contributed by atoms with Gasteiger partial charge in [-0.2, -0.15) is 0 Å². The lowest BCUT2D eigenvalue weighted by Gasteiger charge is -2.04. The van der Waals surface area contributed by atoms with Crippen LogP contribution in [0.1, 0.15) is 0 Å². The molecule has 0 saturated carbocycles. The van der Waals surface area contributed by atoms with Crippen molar-refractivity contribution in [3.05, 3.63) is 71.8 Å². The van der Waals surface area contributed by atoms with Gasteiger partial charge in [-0.1, -0.05) is 11.6 Å². The predicted molar refractivity (Wildman–Crippen MR) is 95.1 cm³/mol. The zero-order chi connectivity index (χ0) is 17.2. The Morgan fingerprint density at radius 2 is 1.84 bits per heavy atom. The van der Waals surface area contributed by atoms with Crippen LogP contribution in [0.5, 0.6) is 11.5 Å². The number of nitrogens with one attached hydrogen (secondary N) is 2. The molecule has 124 valence electrons. The smallest absolute Gasteiger partial charge is 0.205 e. The minimum atomic E-state index is -0.463. The quantitative estimate of drug-likeness (QED) is 0.523. The summed E-state index contributed by atoms with van der Waals surface area (Å²) in [5, 5.41) is 3.11. The van der Waals surface area contributed by atoms with Crippen LogP contribution in [-0.2, 0) is 0 Å². The molecule has 0 aliphatic rings. The number of benzene rings is 2. The summed E-state index contributed by atoms with van der Waals surface area (Å²) in [5.41, 5.74) is 2.22. The molecule has 0 aliphatic carbocycles. The molecule has 0 bridgehead atoms. The first kappa shape index (κ1) is 15.4. The Kier molecular flexibility index (Phi) is 3.95. The third-order valence-electron chi connectivity index (χ3n) is 3.52. The molecule has 2 aromatic carbocycles. The zero-order valence-corrected chi connectivity index (χ0v) is 13.6.